The molecule has 0 aromatic heterocycles. The van der Waals surface area contributed by atoms with Crippen LogP contribution in [0.25, 0.3) is 0 Å². The van der Waals surface area contributed by atoms with Crippen LogP contribution in [0, 0.1) is 0 Å². The van der Waals surface area contributed by atoms with Crippen molar-refractivity contribution in [1.29, 1.82) is 0 Å². The van der Waals surface area contributed by atoms with E-state index in [1.807, 2.05) is 0 Å². The number of Topliss-reactive ketones (excluding diaryl/α,β-unsaturated/α-hetero) is 1. The highest BCUT2D eigenvalue weighted by atomic mass is 16.6. The van der Waals surface area contributed by atoms with E-state index in [9.17, 15) is 9.59 Å². The Balaban J connectivity index is 1.95. The molecule has 7 heteroatoms. The Labute approximate surface area is 104 Å². The summed E-state index contributed by atoms with van der Waals surface area (Å²) in [6.45, 7) is 5.27. The Kier molecular flexibility index (Phi) is 3.02. The number of fused-ring (bicyclic) bond motifs is 1. The Morgan fingerprint density at radius 1 is 1.56 bits per heavy atom. The van der Waals surface area contributed by atoms with Crippen molar-refractivity contribution in [2.45, 2.75) is 51.0 Å². The number of ketones is 1. The zero-order valence-electron chi connectivity index (χ0n) is 10.5. The predicted molar refractivity (Wildman–Crippen MR) is 60.7 cm³/mol. The number of ether oxygens (including phenoxy) is 2. The van der Waals surface area contributed by atoms with E-state index < -0.39 is 23.8 Å². The minimum atomic E-state index is -0.593. The van der Waals surface area contributed by atoms with Gasteiger partial charge in [-0.1, -0.05) is 5.16 Å². The lowest BCUT2D eigenvalue weighted by molar-refractivity contribution is -0.114. The molecule has 100 valence electrons. The first-order valence-corrected chi connectivity index (χ1v) is 5.72. The van der Waals surface area contributed by atoms with E-state index >= 15 is 0 Å². The molecule has 0 unspecified atom stereocenters. The maximum absolute atomic E-state index is 11.6. The third-order valence-corrected chi connectivity index (χ3v) is 2.70. The monoisotopic (exact) mass is 256 g/mol. The average Bonchev–Trinajstić information content (AvgIpc) is 2.99. The summed E-state index contributed by atoms with van der Waals surface area (Å²) >= 11 is 0. The fraction of sp³-hybridized carbons (Fsp3) is 0.727. The molecule has 18 heavy (non-hydrogen) atoms. The Bertz CT molecular complexity index is 412. The van der Waals surface area contributed by atoms with E-state index in [-0.39, 0.29) is 24.0 Å². The fourth-order valence-corrected chi connectivity index (χ4v) is 1.91. The lowest BCUT2D eigenvalue weighted by atomic mass is 9.93. The van der Waals surface area contributed by atoms with Gasteiger partial charge in [-0.05, 0) is 20.8 Å². The summed E-state index contributed by atoms with van der Waals surface area (Å²) in [5, 5.41) is 14.3. The second kappa shape index (κ2) is 4.24. The standard InChI is InChI=1S/C11H16N2O5/c1-11(2,3)18-10(15)12-6-4-5(13-16)7(14)9-8(6)17-9/h6,8-9,16H,4H2,1-3H3,(H,12,15)/b13-5-/t6-,8-,9-/m1/s1. The van der Waals surface area contributed by atoms with E-state index in [0.717, 1.165) is 0 Å². The lowest BCUT2D eigenvalue weighted by Crippen LogP contribution is -2.48. The SMILES string of the molecule is CC(C)(C)OC(=O)N[C@@H]1C/C(=N/O)C(=O)[C@H]2O[C@@H]21. The van der Waals surface area contributed by atoms with Crippen molar-refractivity contribution in [2.75, 3.05) is 0 Å². The van der Waals surface area contributed by atoms with Crippen LogP contribution in [-0.2, 0) is 14.3 Å². The maximum atomic E-state index is 11.6. The number of nitrogens with zero attached hydrogens (tertiary/aromatic N) is 1. The van der Waals surface area contributed by atoms with Gasteiger partial charge < -0.3 is 20.0 Å². The van der Waals surface area contributed by atoms with Crippen molar-refractivity contribution in [3.8, 4) is 0 Å². The molecule has 1 aliphatic carbocycles. The van der Waals surface area contributed by atoms with Crippen molar-refractivity contribution in [3.63, 3.8) is 0 Å². The molecule has 0 radical (unpaired) electrons. The molecule has 1 heterocycles. The van der Waals surface area contributed by atoms with Crippen molar-refractivity contribution < 1.29 is 24.3 Å². The number of alkyl carbamates (subject to hydrolysis) is 1. The zero-order valence-corrected chi connectivity index (χ0v) is 10.5. The van der Waals surface area contributed by atoms with Crippen LogP contribution in [0.2, 0.25) is 0 Å². The highest BCUT2D eigenvalue weighted by Gasteiger charge is 2.56. The quantitative estimate of drug-likeness (QED) is 0.403. The van der Waals surface area contributed by atoms with Crippen LogP contribution in [0.1, 0.15) is 27.2 Å². The van der Waals surface area contributed by atoms with E-state index in [1.165, 1.54) is 0 Å². The third kappa shape index (κ3) is 2.61. The molecular formula is C11H16N2O5. The number of carbonyl (C=O) groups is 2. The summed E-state index contributed by atoms with van der Waals surface area (Å²) in [6, 6.07) is -0.395. The maximum Gasteiger partial charge on any atom is 0.407 e. The van der Waals surface area contributed by atoms with Crippen LogP contribution in [0.3, 0.4) is 0 Å². The van der Waals surface area contributed by atoms with Crippen LogP contribution in [-0.4, -0.2) is 46.6 Å². The molecular weight excluding hydrogens is 240 g/mol. The molecule has 2 N–H and O–H groups in total. The Morgan fingerprint density at radius 2 is 2.22 bits per heavy atom. The lowest BCUT2D eigenvalue weighted by Gasteiger charge is -2.24. The molecule has 1 saturated carbocycles. The molecule has 2 aliphatic rings. The van der Waals surface area contributed by atoms with Crippen LogP contribution in [0.5, 0.6) is 0 Å². The second-order valence-corrected chi connectivity index (χ2v) is 5.39. The molecule has 0 aromatic carbocycles. The summed E-state index contributed by atoms with van der Waals surface area (Å²) in [5.74, 6) is -0.315. The number of amides is 1. The fourth-order valence-electron chi connectivity index (χ4n) is 1.91. The molecule has 7 nitrogen and oxygen atoms in total. The van der Waals surface area contributed by atoms with Crippen molar-refractivity contribution >= 4 is 17.6 Å². The summed E-state index contributed by atoms with van der Waals surface area (Å²) in [5.41, 5.74) is -0.568. The molecule has 3 atom stereocenters. The molecule has 0 aromatic rings. The Morgan fingerprint density at radius 3 is 2.78 bits per heavy atom. The molecule has 1 aliphatic heterocycles. The summed E-state index contributed by atoms with van der Waals surface area (Å²) in [7, 11) is 0. The second-order valence-electron chi connectivity index (χ2n) is 5.39. The van der Waals surface area contributed by atoms with E-state index in [2.05, 4.69) is 10.5 Å². The highest BCUT2D eigenvalue weighted by Crippen LogP contribution is 2.33. The van der Waals surface area contributed by atoms with E-state index in [4.69, 9.17) is 14.7 Å². The average molecular weight is 256 g/mol. The Hall–Kier alpha value is -1.63. The number of epoxide rings is 1. The molecule has 2 rings (SSSR count). The number of nitrogens with one attached hydrogen (secondary N) is 1. The first-order chi connectivity index (χ1) is 8.31. The van der Waals surface area contributed by atoms with Gasteiger partial charge in [-0.15, -0.1) is 0 Å². The van der Waals surface area contributed by atoms with Gasteiger partial charge in [0.1, 0.15) is 17.4 Å². The number of rotatable bonds is 1. The molecule has 1 saturated heterocycles. The molecule has 2 fully saturated rings. The first kappa shape index (κ1) is 12.8. The van der Waals surface area contributed by atoms with Gasteiger partial charge in [0.25, 0.3) is 0 Å². The normalized spacial score (nSPS) is 32.9. The summed E-state index contributed by atoms with van der Waals surface area (Å²) in [6.07, 6.45) is -1.36. The van der Waals surface area contributed by atoms with Gasteiger partial charge in [-0.25, -0.2) is 4.79 Å². The van der Waals surface area contributed by atoms with Gasteiger partial charge in [0, 0.05) is 6.42 Å². The summed E-state index contributed by atoms with van der Waals surface area (Å²) in [4.78, 5) is 23.1. The van der Waals surface area contributed by atoms with Gasteiger partial charge in [0.15, 0.2) is 6.10 Å². The van der Waals surface area contributed by atoms with Gasteiger partial charge in [-0.3, -0.25) is 4.79 Å². The molecule has 0 bridgehead atoms. The van der Waals surface area contributed by atoms with Gasteiger partial charge in [-0.2, -0.15) is 0 Å². The van der Waals surface area contributed by atoms with Gasteiger partial charge in [0.05, 0.1) is 6.04 Å². The predicted octanol–water partition coefficient (Wildman–Crippen LogP) is 0.450. The smallest absolute Gasteiger partial charge is 0.407 e. The number of hydrogen-bond donors (Lipinski definition) is 2. The molecule has 1 amide bonds. The minimum absolute atomic E-state index is 0.0230. The van der Waals surface area contributed by atoms with Gasteiger partial charge >= 0.3 is 6.09 Å². The largest absolute Gasteiger partial charge is 0.444 e. The van der Waals surface area contributed by atoms with Crippen molar-refractivity contribution in [2.24, 2.45) is 5.16 Å². The highest BCUT2D eigenvalue weighted by molar-refractivity contribution is 6.43. The van der Waals surface area contributed by atoms with Crippen LogP contribution in [0.15, 0.2) is 5.16 Å². The summed E-state index contributed by atoms with van der Waals surface area (Å²) < 4.78 is 10.3. The number of carbonyl (C=O) groups excluding carboxylic acids is 2. The zero-order chi connectivity index (χ0) is 13.5. The van der Waals surface area contributed by atoms with E-state index in [1.54, 1.807) is 20.8 Å². The van der Waals surface area contributed by atoms with Crippen LogP contribution < -0.4 is 5.32 Å². The van der Waals surface area contributed by atoms with Crippen molar-refractivity contribution in [1.82, 2.24) is 5.32 Å². The molecule has 0 spiro atoms. The van der Waals surface area contributed by atoms with Gasteiger partial charge in [0.2, 0.25) is 5.78 Å². The number of oxime groups is 1. The first-order valence-electron chi connectivity index (χ1n) is 5.72. The topological polar surface area (TPSA) is 101 Å². The third-order valence-electron chi connectivity index (χ3n) is 2.70. The van der Waals surface area contributed by atoms with Crippen LogP contribution in [0.4, 0.5) is 4.79 Å². The van der Waals surface area contributed by atoms with E-state index in [0.29, 0.717) is 0 Å². The number of hydrogen-bond acceptors (Lipinski definition) is 6. The van der Waals surface area contributed by atoms with Crippen molar-refractivity contribution in [3.05, 3.63) is 0 Å². The van der Waals surface area contributed by atoms with Crippen LogP contribution >= 0.6 is 0 Å². The minimum Gasteiger partial charge on any atom is -0.444 e.